The van der Waals surface area contributed by atoms with Crippen LogP contribution in [0.15, 0.2) is 0 Å². The van der Waals surface area contributed by atoms with Crippen LogP contribution in [0.25, 0.3) is 0 Å². The van der Waals surface area contributed by atoms with Gasteiger partial charge in [0.15, 0.2) is 0 Å². The molecule has 0 bridgehead atoms. The van der Waals surface area contributed by atoms with Gasteiger partial charge in [-0.05, 0) is 55.4 Å². The van der Waals surface area contributed by atoms with Crippen LogP contribution in [0, 0.1) is 0 Å². The number of hydrogen-bond donors (Lipinski definition) is 4. The van der Waals surface area contributed by atoms with Gasteiger partial charge in [-0.3, -0.25) is 9.59 Å². The number of ether oxygens (including phenoxy) is 2. The van der Waals surface area contributed by atoms with Gasteiger partial charge in [0.05, 0.1) is 12.2 Å². The number of carbonyl (C=O) groups excluding carboxylic acids is 2. The molecule has 0 aliphatic rings. The van der Waals surface area contributed by atoms with Crippen molar-refractivity contribution in [2.45, 2.75) is 90.9 Å². The lowest BCUT2D eigenvalue weighted by Crippen LogP contribution is -2.44. The highest BCUT2D eigenvalue weighted by atomic mass is 16.6. The molecule has 0 aromatic carbocycles. The SMILES string of the molecule is C[C@@H](O)[C@H](N)C(=O)OC(C)(C)C.C[C@@H](O)[C@H](N)C(=O)OC(C)(C)C. The van der Waals surface area contributed by atoms with Gasteiger partial charge in [-0.1, -0.05) is 0 Å². The number of esters is 2. The molecule has 0 rings (SSSR count). The van der Waals surface area contributed by atoms with Gasteiger partial charge >= 0.3 is 11.9 Å². The van der Waals surface area contributed by atoms with E-state index in [2.05, 4.69) is 0 Å². The Morgan fingerprint density at radius 3 is 1.08 bits per heavy atom. The van der Waals surface area contributed by atoms with Gasteiger partial charge in [-0.15, -0.1) is 0 Å². The monoisotopic (exact) mass is 350 g/mol. The second-order valence-electron chi connectivity index (χ2n) is 7.60. The first kappa shape index (κ1) is 25.0. The highest BCUT2D eigenvalue weighted by Gasteiger charge is 2.25. The Morgan fingerprint density at radius 1 is 0.750 bits per heavy atom. The van der Waals surface area contributed by atoms with Crippen LogP contribution < -0.4 is 11.5 Å². The summed E-state index contributed by atoms with van der Waals surface area (Å²) in [6.07, 6.45) is -1.75. The summed E-state index contributed by atoms with van der Waals surface area (Å²) in [4.78, 5) is 22.2. The summed E-state index contributed by atoms with van der Waals surface area (Å²) >= 11 is 0. The molecular formula is C16H34N2O6. The van der Waals surface area contributed by atoms with Crippen molar-refractivity contribution < 1.29 is 29.3 Å². The minimum Gasteiger partial charge on any atom is -0.459 e. The number of aliphatic hydroxyl groups is 2. The first-order chi connectivity index (χ1) is 10.5. The molecular weight excluding hydrogens is 316 g/mol. The number of nitrogens with two attached hydrogens (primary N) is 2. The third kappa shape index (κ3) is 13.2. The fourth-order valence-corrected chi connectivity index (χ4v) is 1.13. The van der Waals surface area contributed by atoms with Gasteiger partial charge in [0.1, 0.15) is 23.3 Å². The van der Waals surface area contributed by atoms with Gasteiger partial charge < -0.3 is 31.2 Å². The average Bonchev–Trinajstić information content (AvgIpc) is 2.33. The third-order valence-electron chi connectivity index (χ3n) is 2.40. The zero-order chi connectivity index (χ0) is 19.9. The van der Waals surface area contributed by atoms with E-state index < -0.39 is 47.4 Å². The summed E-state index contributed by atoms with van der Waals surface area (Å²) in [7, 11) is 0. The quantitative estimate of drug-likeness (QED) is 0.521. The van der Waals surface area contributed by atoms with Crippen LogP contribution in [-0.4, -0.2) is 57.6 Å². The molecule has 0 saturated carbocycles. The maximum absolute atomic E-state index is 11.1. The Balaban J connectivity index is 0. The highest BCUT2D eigenvalue weighted by Crippen LogP contribution is 2.09. The predicted octanol–water partition coefficient (Wildman–Crippen LogP) is 0.0724. The summed E-state index contributed by atoms with van der Waals surface area (Å²) < 4.78 is 9.87. The van der Waals surface area contributed by atoms with E-state index >= 15 is 0 Å². The van der Waals surface area contributed by atoms with Crippen LogP contribution >= 0.6 is 0 Å². The Kier molecular flexibility index (Phi) is 10.4. The number of rotatable bonds is 4. The van der Waals surface area contributed by atoms with Crippen molar-refractivity contribution in [2.24, 2.45) is 11.5 Å². The summed E-state index contributed by atoms with van der Waals surface area (Å²) in [5.41, 5.74) is 9.58. The first-order valence-electron chi connectivity index (χ1n) is 7.81. The van der Waals surface area contributed by atoms with Gasteiger partial charge in [-0.2, -0.15) is 0 Å². The van der Waals surface area contributed by atoms with Crippen molar-refractivity contribution in [3.63, 3.8) is 0 Å². The molecule has 0 unspecified atom stereocenters. The van der Waals surface area contributed by atoms with Gasteiger partial charge in [0.2, 0.25) is 0 Å². The normalized spacial score (nSPS) is 16.8. The number of carbonyl (C=O) groups is 2. The van der Waals surface area contributed by atoms with E-state index in [0.29, 0.717) is 0 Å². The van der Waals surface area contributed by atoms with E-state index in [1.54, 1.807) is 41.5 Å². The van der Waals surface area contributed by atoms with Crippen molar-refractivity contribution in [1.82, 2.24) is 0 Å². The maximum atomic E-state index is 11.1. The lowest BCUT2D eigenvalue weighted by Gasteiger charge is -2.23. The maximum Gasteiger partial charge on any atom is 0.326 e. The summed E-state index contributed by atoms with van der Waals surface area (Å²) in [5.74, 6) is -1.14. The fourth-order valence-electron chi connectivity index (χ4n) is 1.13. The first-order valence-corrected chi connectivity index (χ1v) is 7.81. The second-order valence-corrected chi connectivity index (χ2v) is 7.60. The highest BCUT2D eigenvalue weighted by molar-refractivity contribution is 5.76. The van der Waals surface area contributed by atoms with Crippen LogP contribution in [0.1, 0.15) is 55.4 Å². The van der Waals surface area contributed by atoms with Crippen LogP contribution in [0.5, 0.6) is 0 Å². The molecule has 6 N–H and O–H groups in total. The molecule has 4 atom stereocenters. The summed E-state index contributed by atoms with van der Waals surface area (Å²) in [5, 5.41) is 17.9. The second kappa shape index (κ2) is 9.93. The standard InChI is InChI=1S/2C8H17NO3/c2*1-5(10)6(9)7(11)12-8(2,3)4/h2*5-6,10H,9H2,1-4H3/t2*5-,6+/m11/s1. The lowest BCUT2D eigenvalue weighted by atomic mass is 10.1. The summed E-state index contributed by atoms with van der Waals surface area (Å²) in [6.45, 7) is 13.4. The molecule has 0 radical (unpaired) electrons. The van der Waals surface area contributed by atoms with Crippen molar-refractivity contribution in [2.75, 3.05) is 0 Å². The molecule has 8 heteroatoms. The Labute approximate surface area is 144 Å². The van der Waals surface area contributed by atoms with Crippen LogP contribution in [0.3, 0.4) is 0 Å². The Morgan fingerprint density at radius 2 is 0.958 bits per heavy atom. The lowest BCUT2D eigenvalue weighted by molar-refractivity contribution is -0.160. The Bertz CT molecular complexity index is 358. The molecule has 0 aliphatic carbocycles. The van der Waals surface area contributed by atoms with Gasteiger partial charge in [0, 0.05) is 0 Å². The van der Waals surface area contributed by atoms with E-state index in [0.717, 1.165) is 0 Å². The molecule has 0 saturated heterocycles. The van der Waals surface area contributed by atoms with E-state index in [9.17, 15) is 9.59 Å². The molecule has 8 nitrogen and oxygen atoms in total. The Hall–Kier alpha value is -1.22. The molecule has 0 aromatic heterocycles. The number of aliphatic hydroxyl groups excluding tert-OH is 2. The molecule has 0 aliphatic heterocycles. The van der Waals surface area contributed by atoms with E-state index in [1.807, 2.05) is 0 Å². The van der Waals surface area contributed by atoms with Crippen molar-refractivity contribution in [3.8, 4) is 0 Å². The van der Waals surface area contributed by atoms with Crippen molar-refractivity contribution in [1.29, 1.82) is 0 Å². The molecule has 0 heterocycles. The van der Waals surface area contributed by atoms with Crippen LogP contribution in [0.2, 0.25) is 0 Å². The molecule has 0 aromatic rings. The predicted molar refractivity (Wildman–Crippen MR) is 91.0 cm³/mol. The van der Waals surface area contributed by atoms with Crippen LogP contribution in [0.4, 0.5) is 0 Å². The van der Waals surface area contributed by atoms with Gasteiger partial charge in [0.25, 0.3) is 0 Å². The van der Waals surface area contributed by atoms with Crippen LogP contribution in [-0.2, 0) is 19.1 Å². The topological polar surface area (TPSA) is 145 Å². The van der Waals surface area contributed by atoms with Crippen molar-refractivity contribution >= 4 is 11.9 Å². The largest absolute Gasteiger partial charge is 0.459 e. The average molecular weight is 350 g/mol. The zero-order valence-electron chi connectivity index (χ0n) is 16.0. The molecule has 0 fully saturated rings. The molecule has 0 amide bonds. The minimum atomic E-state index is -0.954. The van der Waals surface area contributed by atoms with E-state index in [4.69, 9.17) is 31.2 Å². The molecule has 0 spiro atoms. The minimum absolute atomic E-state index is 0.552. The smallest absolute Gasteiger partial charge is 0.326 e. The third-order valence-corrected chi connectivity index (χ3v) is 2.40. The molecule has 144 valence electrons. The van der Waals surface area contributed by atoms with Gasteiger partial charge in [-0.25, -0.2) is 0 Å². The van der Waals surface area contributed by atoms with Crippen molar-refractivity contribution in [3.05, 3.63) is 0 Å². The number of hydrogen-bond acceptors (Lipinski definition) is 8. The van der Waals surface area contributed by atoms with E-state index in [1.165, 1.54) is 13.8 Å². The van der Waals surface area contributed by atoms with E-state index in [-0.39, 0.29) is 0 Å². The summed E-state index contributed by atoms with van der Waals surface area (Å²) in [6, 6.07) is -1.91. The zero-order valence-corrected chi connectivity index (χ0v) is 16.0. The molecule has 24 heavy (non-hydrogen) atoms. The fraction of sp³-hybridized carbons (Fsp3) is 0.875.